The molecule has 0 amide bonds. The van der Waals surface area contributed by atoms with Crippen LogP contribution >= 0.6 is 0 Å². The summed E-state index contributed by atoms with van der Waals surface area (Å²) in [6.07, 6.45) is 2.31. The average Bonchev–Trinajstić information content (AvgIpc) is 2.15. The summed E-state index contributed by atoms with van der Waals surface area (Å²) in [4.78, 5) is 15.1. The van der Waals surface area contributed by atoms with Crippen LogP contribution in [0.3, 0.4) is 0 Å². The molecule has 1 rings (SSSR count). The first kappa shape index (κ1) is 11.7. The quantitative estimate of drug-likeness (QED) is 0.824. The normalized spacial score (nSPS) is 12.8. The van der Waals surface area contributed by atoms with Gasteiger partial charge in [-0.15, -0.1) is 0 Å². The highest BCUT2D eigenvalue weighted by Gasteiger charge is 2.21. The lowest BCUT2D eigenvalue weighted by molar-refractivity contribution is -0.143. The van der Waals surface area contributed by atoms with Crippen LogP contribution in [0.25, 0.3) is 0 Å². The summed E-state index contributed by atoms with van der Waals surface area (Å²) in [5.41, 5.74) is 1.94. The lowest BCUT2D eigenvalue weighted by atomic mass is 9.90. The molecular formula is C12H17NO2. The second-order valence-electron chi connectivity index (χ2n) is 4.20. The Morgan fingerprint density at radius 2 is 2.13 bits per heavy atom. The first-order valence-electron chi connectivity index (χ1n) is 5.15. The van der Waals surface area contributed by atoms with Gasteiger partial charge in [0.25, 0.3) is 0 Å². The Kier molecular flexibility index (Phi) is 3.83. The van der Waals surface area contributed by atoms with Gasteiger partial charge in [-0.2, -0.15) is 0 Å². The van der Waals surface area contributed by atoms with Gasteiger partial charge in [0, 0.05) is 11.9 Å². The van der Waals surface area contributed by atoms with Crippen LogP contribution in [0.4, 0.5) is 0 Å². The highest BCUT2D eigenvalue weighted by molar-refractivity contribution is 5.70. The molecule has 1 heterocycles. The monoisotopic (exact) mass is 207 g/mol. The summed E-state index contributed by atoms with van der Waals surface area (Å²) in [5, 5.41) is 9.04. The summed E-state index contributed by atoms with van der Waals surface area (Å²) in [5.74, 6) is -0.913. The van der Waals surface area contributed by atoms with E-state index in [0.29, 0.717) is 6.42 Å². The third kappa shape index (κ3) is 3.35. The van der Waals surface area contributed by atoms with Crippen molar-refractivity contribution in [2.45, 2.75) is 27.2 Å². The Bertz CT molecular complexity index is 330. The summed E-state index contributed by atoms with van der Waals surface area (Å²) >= 11 is 0. The molecule has 1 aromatic rings. The van der Waals surface area contributed by atoms with E-state index in [4.69, 9.17) is 5.11 Å². The molecule has 3 nitrogen and oxygen atoms in total. The van der Waals surface area contributed by atoms with E-state index in [1.54, 1.807) is 6.20 Å². The van der Waals surface area contributed by atoms with Crippen molar-refractivity contribution < 1.29 is 9.90 Å². The zero-order chi connectivity index (χ0) is 11.4. The third-order valence-electron chi connectivity index (χ3n) is 2.55. The van der Waals surface area contributed by atoms with Crippen molar-refractivity contribution in [3.05, 3.63) is 29.6 Å². The molecule has 0 saturated heterocycles. The topological polar surface area (TPSA) is 50.2 Å². The Hall–Kier alpha value is -1.38. The minimum atomic E-state index is -0.731. The minimum absolute atomic E-state index is 0.142. The van der Waals surface area contributed by atoms with Crippen LogP contribution in [0.2, 0.25) is 0 Å². The molecule has 0 aliphatic carbocycles. The second kappa shape index (κ2) is 4.91. The number of carbonyl (C=O) groups is 1. The number of aryl methyl sites for hydroxylation is 1. The van der Waals surface area contributed by atoms with E-state index in [2.05, 4.69) is 4.98 Å². The Morgan fingerprint density at radius 1 is 1.47 bits per heavy atom. The van der Waals surface area contributed by atoms with Crippen molar-refractivity contribution in [2.75, 3.05) is 0 Å². The Morgan fingerprint density at radius 3 is 2.53 bits per heavy atom. The SMILES string of the molecule is Cc1ccc(CC(C(=O)O)C(C)C)cn1. The molecule has 0 bridgehead atoms. The number of carboxylic acid groups (broad SMARTS) is 1. The van der Waals surface area contributed by atoms with Crippen LogP contribution in [0.1, 0.15) is 25.1 Å². The summed E-state index contributed by atoms with van der Waals surface area (Å²) in [6, 6.07) is 3.86. The van der Waals surface area contributed by atoms with Crippen LogP contribution in [0.15, 0.2) is 18.3 Å². The smallest absolute Gasteiger partial charge is 0.307 e. The van der Waals surface area contributed by atoms with Gasteiger partial charge < -0.3 is 5.11 Å². The number of nitrogens with zero attached hydrogens (tertiary/aromatic N) is 1. The number of hydrogen-bond donors (Lipinski definition) is 1. The van der Waals surface area contributed by atoms with Crippen LogP contribution in [-0.4, -0.2) is 16.1 Å². The van der Waals surface area contributed by atoms with Gasteiger partial charge >= 0.3 is 5.97 Å². The van der Waals surface area contributed by atoms with Gasteiger partial charge in [-0.1, -0.05) is 19.9 Å². The van der Waals surface area contributed by atoms with Gasteiger partial charge in [0.15, 0.2) is 0 Å². The minimum Gasteiger partial charge on any atom is -0.481 e. The maximum atomic E-state index is 11.0. The molecule has 1 unspecified atom stereocenters. The zero-order valence-corrected chi connectivity index (χ0v) is 9.40. The van der Waals surface area contributed by atoms with Crippen molar-refractivity contribution in [3.8, 4) is 0 Å². The molecule has 1 atom stereocenters. The number of aliphatic carboxylic acids is 1. The van der Waals surface area contributed by atoms with Gasteiger partial charge in [0.05, 0.1) is 5.92 Å². The highest BCUT2D eigenvalue weighted by atomic mass is 16.4. The number of rotatable bonds is 4. The molecule has 0 aliphatic heterocycles. The van der Waals surface area contributed by atoms with E-state index in [0.717, 1.165) is 11.3 Å². The standard InChI is InChI=1S/C12H17NO2/c1-8(2)11(12(14)15)6-10-5-4-9(3)13-7-10/h4-5,7-8,11H,6H2,1-3H3,(H,14,15). The molecule has 15 heavy (non-hydrogen) atoms. The van der Waals surface area contributed by atoms with Gasteiger partial charge in [0.1, 0.15) is 0 Å². The molecular weight excluding hydrogens is 190 g/mol. The van der Waals surface area contributed by atoms with E-state index >= 15 is 0 Å². The summed E-state index contributed by atoms with van der Waals surface area (Å²) in [7, 11) is 0. The molecule has 3 heteroatoms. The van der Waals surface area contributed by atoms with E-state index in [1.165, 1.54) is 0 Å². The molecule has 82 valence electrons. The summed E-state index contributed by atoms with van der Waals surface area (Å²) in [6.45, 7) is 5.78. The van der Waals surface area contributed by atoms with Crippen molar-refractivity contribution in [3.63, 3.8) is 0 Å². The molecule has 0 aromatic carbocycles. The van der Waals surface area contributed by atoms with E-state index in [-0.39, 0.29) is 11.8 Å². The molecule has 0 fully saturated rings. The molecule has 0 aliphatic rings. The molecule has 1 N–H and O–H groups in total. The van der Waals surface area contributed by atoms with E-state index in [9.17, 15) is 4.79 Å². The van der Waals surface area contributed by atoms with Crippen LogP contribution in [0.5, 0.6) is 0 Å². The second-order valence-corrected chi connectivity index (χ2v) is 4.20. The van der Waals surface area contributed by atoms with E-state index < -0.39 is 5.97 Å². The van der Waals surface area contributed by atoms with Gasteiger partial charge in [0.2, 0.25) is 0 Å². The fraction of sp³-hybridized carbons (Fsp3) is 0.500. The van der Waals surface area contributed by atoms with Gasteiger partial charge in [-0.05, 0) is 30.9 Å². The van der Waals surface area contributed by atoms with Gasteiger partial charge in [-0.25, -0.2) is 0 Å². The first-order chi connectivity index (χ1) is 7.00. The number of pyridine rings is 1. The Balaban J connectivity index is 2.74. The fourth-order valence-electron chi connectivity index (χ4n) is 1.48. The van der Waals surface area contributed by atoms with E-state index in [1.807, 2.05) is 32.9 Å². The van der Waals surface area contributed by atoms with Crippen molar-refractivity contribution in [2.24, 2.45) is 11.8 Å². The lowest BCUT2D eigenvalue weighted by Gasteiger charge is -2.15. The predicted octanol–water partition coefficient (Wildman–Crippen LogP) is 2.29. The zero-order valence-electron chi connectivity index (χ0n) is 9.40. The predicted molar refractivity (Wildman–Crippen MR) is 58.6 cm³/mol. The maximum absolute atomic E-state index is 11.0. The van der Waals surface area contributed by atoms with Crippen molar-refractivity contribution in [1.82, 2.24) is 4.98 Å². The molecule has 0 spiro atoms. The average molecular weight is 207 g/mol. The number of aromatic nitrogens is 1. The molecule has 0 saturated carbocycles. The fourth-order valence-corrected chi connectivity index (χ4v) is 1.48. The van der Waals surface area contributed by atoms with Gasteiger partial charge in [-0.3, -0.25) is 9.78 Å². The number of carboxylic acids is 1. The number of hydrogen-bond acceptors (Lipinski definition) is 2. The van der Waals surface area contributed by atoms with Crippen LogP contribution in [-0.2, 0) is 11.2 Å². The van der Waals surface area contributed by atoms with Crippen LogP contribution < -0.4 is 0 Å². The highest BCUT2D eigenvalue weighted by Crippen LogP contribution is 2.17. The van der Waals surface area contributed by atoms with Crippen molar-refractivity contribution in [1.29, 1.82) is 0 Å². The maximum Gasteiger partial charge on any atom is 0.307 e. The Labute approximate surface area is 90.2 Å². The molecule has 0 radical (unpaired) electrons. The first-order valence-corrected chi connectivity index (χ1v) is 5.15. The lowest BCUT2D eigenvalue weighted by Crippen LogP contribution is -2.22. The third-order valence-corrected chi connectivity index (χ3v) is 2.55. The largest absolute Gasteiger partial charge is 0.481 e. The van der Waals surface area contributed by atoms with Crippen molar-refractivity contribution >= 4 is 5.97 Å². The summed E-state index contributed by atoms with van der Waals surface area (Å²) < 4.78 is 0. The van der Waals surface area contributed by atoms with Crippen LogP contribution in [0, 0.1) is 18.8 Å². The molecule has 1 aromatic heterocycles.